The lowest BCUT2D eigenvalue weighted by Crippen LogP contribution is -2.40. The summed E-state index contributed by atoms with van der Waals surface area (Å²) in [5.41, 5.74) is 8.13. The average molecular weight is 543 g/mol. The first-order chi connectivity index (χ1) is 17.1. The van der Waals surface area contributed by atoms with E-state index < -0.39 is 21.8 Å². The van der Waals surface area contributed by atoms with Crippen LogP contribution in [0.1, 0.15) is 43.4 Å². The molecule has 0 aliphatic carbocycles. The van der Waals surface area contributed by atoms with Crippen LogP contribution in [0, 0.1) is 0 Å². The highest BCUT2D eigenvalue weighted by Crippen LogP contribution is 2.42. The summed E-state index contributed by atoms with van der Waals surface area (Å²) in [4.78, 5) is 27.6. The summed E-state index contributed by atoms with van der Waals surface area (Å²) in [5.74, 6) is -1.09. The number of nitrogens with zero attached hydrogens (tertiary/aromatic N) is 1. The number of hydrogen-bond donors (Lipinski definition) is 1. The summed E-state index contributed by atoms with van der Waals surface area (Å²) in [6, 6.07) is 14.4. The molecule has 1 aromatic heterocycles. The average Bonchev–Trinajstić information content (AvgIpc) is 3.30. The molecule has 1 aliphatic heterocycles. The number of primary amides is 1. The van der Waals surface area contributed by atoms with Gasteiger partial charge in [-0.15, -0.1) is 0 Å². The maximum absolute atomic E-state index is 13.9. The van der Waals surface area contributed by atoms with Gasteiger partial charge in [0, 0.05) is 23.8 Å². The van der Waals surface area contributed by atoms with Crippen molar-refractivity contribution < 1.29 is 22.4 Å². The molecule has 3 aromatic carbocycles. The van der Waals surface area contributed by atoms with Gasteiger partial charge >= 0.3 is 0 Å². The van der Waals surface area contributed by atoms with E-state index in [4.69, 9.17) is 33.4 Å². The molecule has 2 amide bonds. The van der Waals surface area contributed by atoms with Gasteiger partial charge < -0.3 is 15.1 Å². The van der Waals surface area contributed by atoms with Gasteiger partial charge in [-0.05, 0) is 53.4 Å². The van der Waals surface area contributed by atoms with Gasteiger partial charge in [0.25, 0.3) is 11.8 Å². The number of carbonyl (C=O) groups excluding carboxylic acids is 2. The van der Waals surface area contributed by atoms with Gasteiger partial charge in [-0.1, -0.05) is 47.5 Å². The fourth-order valence-electron chi connectivity index (χ4n) is 4.73. The fraction of sp³-hybridized carbons (Fsp3) is 0.154. The molecular formula is C26H20Cl2N2O5S. The molecule has 2 N–H and O–H groups in total. The lowest BCUT2D eigenvalue weighted by atomic mass is 9.88. The molecule has 0 saturated carbocycles. The summed E-state index contributed by atoms with van der Waals surface area (Å²) >= 11 is 12.9. The Morgan fingerprint density at radius 3 is 2.56 bits per heavy atom. The molecule has 0 radical (unpaired) electrons. The van der Waals surface area contributed by atoms with Crippen LogP contribution in [0.5, 0.6) is 0 Å². The third-order valence-electron chi connectivity index (χ3n) is 6.41. The molecule has 7 nitrogen and oxygen atoms in total. The van der Waals surface area contributed by atoms with E-state index in [2.05, 4.69) is 0 Å². The number of hydrogen-bond acceptors (Lipinski definition) is 5. The predicted molar refractivity (Wildman–Crippen MR) is 137 cm³/mol. The monoisotopic (exact) mass is 542 g/mol. The van der Waals surface area contributed by atoms with E-state index in [1.807, 2.05) is 0 Å². The maximum atomic E-state index is 13.9. The Labute approximate surface area is 217 Å². The van der Waals surface area contributed by atoms with E-state index in [9.17, 15) is 18.0 Å². The Bertz CT molecular complexity index is 1660. The minimum absolute atomic E-state index is 0.00437. The SMILES string of the molecule is CS(=O)(=O)c1ccccc1C1Cc2c(cc(Cl)c(C(N)=O)c2Cl)CN1C(=O)c1ccc2ccoc2c1. The molecule has 1 unspecified atom stereocenters. The molecule has 5 rings (SSSR count). The molecule has 0 spiro atoms. The van der Waals surface area contributed by atoms with Crippen molar-refractivity contribution in [3.05, 3.63) is 98.7 Å². The second kappa shape index (κ2) is 8.96. The minimum atomic E-state index is -3.61. The molecular weight excluding hydrogens is 523 g/mol. The number of benzene rings is 3. The minimum Gasteiger partial charge on any atom is -0.464 e. The number of carbonyl (C=O) groups is 2. The van der Waals surface area contributed by atoms with Crippen molar-refractivity contribution in [1.82, 2.24) is 4.90 Å². The number of amides is 2. The van der Waals surface area contributed by atoms with E-state index in [-0.39, 0.29) is 39.4 Å². The molecule has 0 fully saturated rings. The zero-order valence-corrected chi connectivity index (χ0v) is 21.3. The van der Waals surface area contributed by atoms with Crippen molar-refractivity contribution >= 4 is 55.8 Å². The Morgan fingerprint density at radius 2 is 1.83 bits per heavy atom. The van der Waals surface area contributed by atoms with Crippen molar-refractivity contribution in [2.75, 3.05) is 6.26 Å². The van der Waals surface area contributed by atoms with E-state index in [0.29, 0.717) is 27.8 Å². The summed E-state index contributed by atoms with van der Waals surface area (Å²) in [7, 11) is -3.61. The molecule has 184 valence electrons. The van der Waals surface area contributed by atoms with Gasteiger partial charge in [-0.25, -0.2) is 8.42 Å². The van der Waals surface area contributed by atoms with Crippen LogP contribution < -0.4 is 5.73 Å². The van der Waals surface area contributed by atoms with Crippen molar-refractivity contribution in [3.8, 4) is 0 Å². The van der Waals surface area contributed by atoms with Crippen molar-refractivity contribution in [3.63, 3.8) is 0 Å². The van der Waals surface area contributed by atoms with Crippen molar-refractivity contribution in [1.29, 1.82) is 0 Å². The largest absolute Gasteiger partial charge is 0.464 e. The number of nitrogens with two attached hydrogens (primary N) is 1. The van der Waals surface area contributed by atoms with Crippen LogP contribution in [0.3, 0.4) is 0 Å². The van der Waals surface area contributed by atoms with Gasteiger partial charge in [0.1, 0.15) is 5.58 Å². The van der Waals surface area contributed by atoms with Gasteiger partial charge in [0.2, 0.25) is 0 Å². The number of furan rings is 1. The standard InChI is InChI=1S/C26H20Cl2N2O5S/c1-36(33,34)22-5-3-2-4-17(22)20-12-18-16(10-19(27)23(24(18)28)25(29)31)13-30(20)26(32)15-7-6-14-8-9-35-21(14)11-15/h2-11,20H,12-13H2,1H3,(H2,29,31). The van der Waals surface area contributed by atoms with Crippen LogP contribution in [-0.2, 0) is 22.8 Å². The summed E-state index contributed by atoms with van der Waals surface area (Å²) in [5, 5.41) is 1.05. The number of fused-ring (bicyclic) bond motifs is 2. The number of halogens is 2. The smallest absolute Gasteiger partial charge is 0.254 e. The second-order valence-corrected chi connectivity index (χ2v) is 11.5. The second-order valence-electron chi connectivity index (χ2n) is 8.69. The highest BCUT2D eigenvalue weighted by atomic mass is 35.5. The maximum Gasteiger partial charge on any atom is 0.254 e. The highest BCUT2D eigenvalue weighted by molar-refractivity contribution is 7.90. The number of sulfone groups is 1. The van der Waals surface area contributed by atoms with Crippen LogP contribution in [-0.4, -0.2) is 31.4 Å². The Hall–Kier alpha value is -3.33. The van der Waals surface area contributed by atoms with Gasteiger partial charge in [-0.3, -0.25) is 9.59 Å². The van der Waals surface area contributed by atoms with Crippen molar-refractivity contribution in [2.45, 2.75) is 23.9 Å². The van der Waals surface area contributed by atoms with Crippen molar-refractivity contribution in [2.24, 2.45) is 5.73 Å². The molecule has 10 heteroatoms. The van der Waals surface area contributed by atoms with Crippen LogP contribution in [0.4, 0.5) is 0 Å². The first kappa shape index (κ1) is 24.4. The van der Waals surface area contributed by atoms with E-state index in [0.717, 1.165) is 11.6 Å². The molecule has 0 bridgehead atoms. The van der Waals surface area contributed by atoms with Crippen LogP contribution in [0.15, 0.2) is 70.2 Å². The zero-order chi connectivity index (χ0) is 25.8. The first-order valence-electron chi connectivity index (χ1n) is 10.9. The Kier molecular flexibility index (Phi) is 6.06. The van der Waals surface area contributed by atoms with E-state index in [1.165, 1.54) is 6.07 Å². The lowest BCUT2D eigenvalue weighted by molar-refractivity contribution is 0.0634. The molecule has 4 aromatic rings. The Balaban J connectivity index is 1.70. The molecule has 36 heavy (non-hydrogen) atoms. The Morgan fingerprint density at radius 1 is 1.08 bits per heavy atom. The number of rotatable bonds is 4. The molecule has 1 atom stereocenters. The van der Waals surface area contributed by atoms with E-state index in [1.54, 1.807) is 59.7 Å². The normalized spacial score (nSPS) is 15.6. The third-order valence-corrected chi connectivity index (χ3v) is 8.30. The van der Waals surface area contributed by atoms with Crippen LogP contribution in [0.25, 0.3) is 11.0 Å². The molecule has 1 aliphatic rings. The quantitative estimate of drug-likeness (QED) is 0.381. The van der Waals surface area contributed by atoms with Crippen LogP contribution in [0.2, 0.25) is 10.0 Å². The zero-order valence-electron chi connectivity index (χ0n) is 19.0. The van der Waals surface area contributed by atoms with E-state index >= 15 is 0 Å². The highest BCUT2D eigenvalue weighted by Gasteiger charge is 2.36. The third kappa shape index (κ3) is 4.15. The predicted octanol–water partition coefficient (Wildman–Crippen LogP) is 5.18. The van der Waals surface area contributed by atoms with Gasteiger partial charge in [-0.2, -0.15) is 0 Å². The summed E-state index contributed by atoms with van der Waals surface area (Å²) < 4.78 is 30.7. The summed E-state index contributed by atoms with van der Waals surface area (Å²) in [6.45, 7) is 0.0889. The fourth-order valence-corrected chi connectivity index (χ4v) is 6.45. The topological polar surface area (TPSA) is 111 Å². The lowest BCUT2D eigenvalue weighted by Gasteiger charge is -2.38. The first-order valence-corrected chi connectivity index (χ1v) is 13.6. The summed E-state index contributed by atoms with van der Waals surface area (Å²) in [6.07, 6.45) is 2.83. The van der Waals surface area contributed by atoms with Gasteiger partial charge in [0.15, 0.2) is 9.84 Å². The molecule has 0 saturated heterocycles. The molecule has 2 heterocycles. The van der Waals surface area contributed by atoms with Gasteiger partial charge in [0.05, 0.1) is 32.8 Å². The van der Waals surface area contributed by atoms with Crippen LogP contribution >= 0.6 is 23.2 Å².